The Labute approximate surface area is 164 Å². The van der Waals surface area contributed by atoms with Gasteiger partial charge in [-0.15, -0.1) is 0 Å². The van der Waals surface area contributed by atoms with E-state index in [1.54, 1.807) is 0 Å². The number of carbonyl (C=O) groups excluding carboxylic acids is 2. The molecule has 0 radical (unpaired) electrons. The van der Waals surface area contributed by atoms with E-state index >= 15 is 0 Å². The van der Waals surface area contributed by atoms with E-state index in [-0.39, 0.29) is 12.5 Å². The summed E-state index contributed by atoms with van der Waals surface area (Å²) in [5, 5.41) is 2.71. The van der Waals surface area contributed by atoms with Crippen molar-refractivity contribution >= 4 is 24.3 Å². The van der Waals surface area contributed by atoms with Crippen LogP contribution in [0.5, 0.6) is 0 Å². The number of nitrogens with one attached hydrogen (secondary N) is 1. The van der Waals surface area contributed by atoms with E-state index in [2.05, 4.69) is 31.0 Å². The standard InChI is InChI=1S/C20H27N5O3/c21-19-23-16(18-13-4-11-3-12(6-13)7-14(18)5-11)8-17(24-19)25-2-1-15(9-25)22-20(27)28-10-26/h8,10-15,18H,1-7,9H2,(H,22,27)(H2,21,23,24). The molecule has 8 nitrogen and oxygen atoms in total. The molecule has 1 aliphatic heterocycles. The molecule has 1 amide bonds. The molecular weight excluding hydrogens is 358 g/mol. The first kappa shape index (κ1) is 17.7. The van der Waals surface area contributed by atoms with Crippen molar-refractivity contribution in [1.82, 2.24) is 15.3 Å². The summed E-state index contributed by atoms with van der Waals surface area (Å²) in [6.07, 6.45) is 6.85. The normalized spacial score (nSPS) is 35.8. The number of carbonyl (C=O) groups is 2. The number of hydrogen-bond donors (Lipinski definition) is 2. The Kier molecular flexibility index (Phi) is 4.36. The second-order valence-corrected chi connectivity index (χ2v) is 9.04. The molecule has 3 N–H and O–H groups in total. The Morgan fingerprint density at radius 3 is 2.57 bits per heavy atom. The van der Waals surface area contributed by atoms with Gasteiger partial charge in [-0.25, -0.2) is 9.78 Å². The molecule has 1 unspecified atom stereocenters. The van der Waals surface area contributed by atoms with Gasteiger partial charge in [-0.05, 0) is 62.2 Å². The summed E-state index contributed by atoms with van der Waals surface area (Å²) in [6.45, 7) is 1.53. The van der Waals surface area contributed by atoms with E-state index in [0.29, 0.717) is 18.4 Å². The summed E-state index contributed by atoms with van der Waals surface area (Å²) in [4.78, 5) is 33.0. The molecule has 1 saturated heterocycles. The van der Waals surface area contributed by atoms with Crippen LogP contribution < -0.4 is 16.0 Å². The minimum atomic E-state index is -0.710. The summed E-state index contributed by atoms with van der Waals surface area (Å²) < 4.78 is 4.32. The van der Waals surface area contributed by atoms with Gasteiger partial charge in [-0.2, -0.15) is 4.98 Å². The van der Waals surface area contributed by atoms with Crippen LogP contribution in [0.1, 0.15) is 50.1 Å². The third-order valence-electron chi connectivity index (χ3n) is 7.31. The molecule has 0 aromatic carbocycles. The van der Waals surface area contributed by atoms with Gasteiger partial charge < -0.3 is 20.7 Å². The lowest BCUT2D eigenvalue weighted by Crippen LogP contribution is -2.44. The number of ether oxygens (including phenoxy) is 1. The Bertz CT molecular complexity index is 757. The van der Waals surface area contributed by atoms with E-state index < -0.39 is 6.09 Å². The Balaban J connectivity index is 1.33. The molecule has 8 heteroatoms. The minimum absolute atomic E-state index is 0.0757. The van der Waals surface area contributed by atoms with Gasteiger partial charge in [0.25, 0.3) is 0 Å². The highest BCUT2D eigenvalue weighted by Gasteiger charge is 2.49. The van der Waals surface area contributed by atoms with Crippen molar-refractivity contribution in [3.63, 3.8) is 0 Å². The molecule has 4 aliphatic carbocycles. The second-order valence-electron chi connectivity index (χ2n) is 9.04. The lowest BCUT2D eigenvalue weighted by Gasteiger charge is -2.54. The largest absolute Gasteiger partial charge is 0.414 e. The molecule has 150 valence electrons. The van der Waals surface area contributed by atoms with Crippen LogP contribution >= 0.6 is 0 Å². The Hall–Kier alpha value is -2.38. The molecule has 1 aromatic heterocycles. The maximum Gasteiger partial charge on any atom is 0.414 e. The number of nitrogens with two attached hydrogens (primary N) is 1. The zero-order chi connectivity index (χ0) is 19.3. The predicted molar refractivity (Wildman–Crippen MR) is 103 cm³/mol. The summed E-state index contributed by atoms with van der Waals surface area (Å²) in [5.41, 5.74) is 7.20. The van der Waals surface area contributed by atoms with Crippen LogP contribution in [0.3, 0.4) is 0 Å². The van der Waals surface area contributed by atoms with Crippen LogP contribution in [0.2, 0.25) is 0 Å². The van der Waals surface area contributed by atoms with Crippen molar-refractivity contribution in [3.05, 3.63) is 11.8 Å². The zero-order valence-corrected chi connectivity index (χ0v) is 15.9. The number of amides is 1. The number of rotatable bonds is 4. The SMILES string of the molecule is Nc1nc(C2C3CC4CC(C3)CC2C4)cc(N2CCC(NC(=O)OC=O)C2)n1. The van der Waals surface area contributed by atoms with E-state index in [1.165, 1.54) is 32.1 Å². The molecule has 28 heavy (non-hydrogen) atoms. The molecule has 4 bridgehead atoms. The average molecular weight is 385 g/mol. The molecule has 5 fully saturated rings. The molecule has 1 atom stereocenters. The van der Waals surface area contributed by atoms with Gasteiger partial charge in [0.05, 0.1) is 11.7 Å². The van der Waals surface area contributed by atoms with E-state index in [4.69, 9.17) is 5.73 Å². The number of nitrogen functional groups attached to an aromatic ring is 1. The van der Waals surface area contributed by atoms with Gasteiger partial charge in [0.15, 0.2) is 0 Å². The summed E-state index contributed by atoms with van der Waals surface area (Å²) >= 11 is 0. The fraction of sp³-hybridized carbons (Fsp3) is 0.700. The number of nitrogens with zero attached hydrogens (tertiary/aromatic N) is 3. The maximum absolute atomic E-state index is 11.5. The van der Waals surface area contributed by atoms with Crippen LogP contribution in [-0.2, 0) is 9.53 Å². The van der Waals surface area contributed by atoms with Crippen molar-refractivity contribution < 1.29 is 14.3 Å². The first-order valence-corrected chi connectivity index (χ1v) is 10.4. The molecule has 6 rings (SSSR count). The predicted octanol–water partition coefficient (Wildman–Crippen LogP) is 2.06. The topological polar surface area (TPSA) is 110 Å². The van der Waals surface area contributed by atoms with Gasteiger partial charge in [0.2, 0.25) is 5.95 Å². The summed E-state index contributed by atoms with van der Waals surface area (Å²) in [7, 11) is 0. The van der Waals surface area contributed by atoms with Crippen molar-refractivity contribution in [1.29, 1.82) is 0 Å². The average Bonchev–Trinajstić information content (AvgIpc) is 3.09. The van der Waals surface area contributed by atoms with Crippen LogP contribution in [-0.4, -0.2) is 41.7 Å². The van der Waals surface area contributed by atoms with Crippen molar-refractivity contribution in [2.45, 2.75) is 50.5 Å². The minimum Gasteiger partial charge on any atom is -0.379 e. The Morgan fingerprint density at radius 1 is 1.18 bits per heavy atom. The first-order valence-electron chi connectivity index (χ1n) is 10.4. The highest BCUT2D eigenvalue weighted by Crippen LogP contribution is 2.59. The molecule has 1 aromatic rings. The zero-order valence-electron chi connectivity index (χ0n) is 15.9. The van der Waals surface area contributed by atoms with Gasteiger partial charge >= 0.3 is 12.6 Å². The second kappa shape index (κ2) is 6.90. The van der Waals surface area contributed by atoms with Crippen LogP contribution in [0.15, 0.2) is 6.07 Å². The number of hydrogen-bond acceptors (Lipinski definition) is 7. The number of aromatic nitrogens is 2. The van der Waals surface area contributed by atoms with Crippen molar-refractivity contribution in [2.75, 3.05) is 23.7 Å². The highest BCUT2D eigenvalue weighted by molar-refractivity contribution is 5.75. The molecule has 5 aliphatic rings. The molecular formula is C20H27N5O3. The lowest BCUT2D eigenvalue weighted by atomic mass is 9.51. The first-order chi connectivity index (χ1) is 13.6. The summed E-state index contributed by atoms with van der Waals surface area (Å²) in [6, 6.07) is 2.04. The molecule has 2 heterocycles. The fourth-order valence-electron chi connectivity index (χ4n) is 6.54. The molecule has 4 saturated carbocycles. The third-order valence-corrected chi connectivity index (χ3v) is 7.31. The molecule has 0 spiro atoms. The smallest absolute Gasteiger partial charge is 0.379 e. The highest BCUT2D eigenvalue weighted by atomic mass is 16.6. The Morgan fingerprint density at radius 2 is 1.89 bits per heavy atom. The van der Waals surface area contributed by atoms with Crippen molar-refractivity contribution in [2.24, 2.45) is 23.7 Å². The van der Waals surface area contributed by atoms with E-state index in [9.17, 15) is 9.59 Å². The third kappa shape index (κ3) is 3.18. The maximum atomic E-state index is 11.5. The van der Waals surface area contributed by atoms with E-state index in [1.807, 2.05) is 0 Å². The van der Waals surface area contributed by atoms with Gasteiger partial charge in [0.1, 0.15) is 5.82 Å². The van der Waals surface area contributed by atoms with E-state index in [0.717, 1.165) is 48.1 Å². The summed E-state index contributed by atoms with van der Waals surface area (Å²) in [5.74, 6) is 5.01. The lowest BCUT2D eigenvalue weighted by molar-refractivity contribution is -0.123. The van der Waals surface area contributed by atoms with Gasteiger partial charge in [-0.1, -0.05) is 0 Å². The fourth-order valence-corrected chi connectivity index (χ4v) is 6.54. The van der Waals surface area contributed by atoms with Crippen LogP contribution in [0.25, 0.3) is 0 Å². The van der Waals surface area contributed by atoms with Crippen LogP contribution in [0.4, 0.5) is 16.6 Å². The van der Waals surface area contributed by atoms with Gasteiger partial charge in [-0.3, -0.25) is 4.79 Å². The quantitative estimate of drug-likeness (QED) is 0.603. The van der Waals surface area contributed by atoms with Crippen molar-refractivity contribution in [3.8, 4) is 0 Å². The van der Waals surface area contributed by atoms with Crippen LogP contribution in [0, 0.1) is 23.7 Å². The number of alkyl carbamates (subject to hydrolysis) is 1. The van der Waals surface area contributed by atoms with Gasteiger partial charge in [0, 0.05) is 25.1 Å². The number of anilines is 2. The monoisotopic (exact) mass is 385 g/mol.